The molecule has 10 heteroatoms. The van der Waals surface area contributed by atoms with Gasteiger partial charge < -0.3 is 20.1 Å². The summed E-state index contributed by atoms with van der Waals surface area (Å²) < 4.78 is 2.01. The van der Waals surface area contributed by atoms with Gasteiger partial charge in [0.2, 0.25) is 5.91 Å². The van der Waals surface area contributed by atoms with Crippen molar-refractivity contribution in [2.24, 2.45) is 7.05 Å². The van der Waals surface area contributed by atoms with E-state index in [-0.39, 0.29) is 36.9 Å². The van der Waals surface area contributed by atoms with Gasteiger partial charge in [-0.1, -0.05) is 0 Å². The van der Waals surface area contributed by atoms with Crippen LogP contribution in [0.2, 0.25) is 0 Å². The molecule has 0 bridgehead atoms. The van der Waals surface area contributed by atoms with E-state index in [0.717, 1.165) is 35.9 Å². The highest BCUT2D eigenvalue weighted by molar-refractivity contribution is 6.04. The number of aromatic nitrogens is 3. The molecule has 1 saturated heterocycles. The molecule has 0 radical (unpaired) electrons. The van der Waals surface area contributed by atoms with E-state index in [1.807, 2.05) is 30.6 Å². The topological polar surface area (TPSA) is 112 Å². The number of carbonyl (C=O) groups excluding carboxylic acids is 3. The van der Waals surface area contributed by atoms with E-state index in [2.05, 4.69) is 20.8 Å². The normalized spacial score (nSPS) is 23.0. The van der Waals surface area contributed by atoms with Crippen molar-refractivity contribution in [3.05, 3.63) is 11.6 Å². The van der Waals surface area contributed by atoms with Gasteiger partial charge in [0.15, 0.2) is 0 Å². The highest BCUT2D eigenvalue weighted by Crippen LogP contribution is 2.35. The summed E-state index contributed by atoms with van der Waals surface area (Å²) in [7, 11) is 5.92. The van der Waals surface area contributed by atoms with Crippen LogP contribution in [0.5, 0.6) is 0 Å². The van der Waals surface area contributed by atoms with Crippen LogP contribution >= 0.6 is 0 Å². The molecule has 1 saturated carbocycles. The molecule has 0 atom stereocenters. The predicted octanol–water partition coefficient (Wildman–Crippen LogP) is -1.21. The number of hydrogen-bond donors (Lipinski definition) is 2. The van der Waals surface area contributed by atoms with E-state index in [1.165, 1.54) is 0 Å². The van der Waals surface area contributed by atoms with Crippen LogP contribution in [0.4, 0.5) is 4.79 Å². The molecule has 1 aliphatic heterocycles. The summed E-state index contributed by atoms with van der Waals surface area (Å²) in [6.45, 7) is 0.449. The lowest BCUT2D eigenvalue weighted by Crippen LogP contribution is -2.48. The second-order valence-corrected chi connectivity index (χ2v) is 6.84. The van der Waals surface area contributed by atoms with Crippen LogP contribution in [0.1, 0.15) is 30.4 Å². The molecule has 2 heterocycles. The highest BCUT2D eigenvalue weighted by atomic mass is 16.2. The van der Waals surface area contributed by atoms with Crippen LogP contribution in [0.15, 0.2) is 0 Å². The fraction of sp³-hybridized carbons (Fsp3) is 0.667. The van der Waals surface area contributed by atoms with Gasteiger partial charge in [0.25, 0.3) is 5.91 Å². The number of urea groups is 1. The minimum absolute atomic E-state index is 0.0345. The molecule has 2 N–H and O–H groups in total. The monoisotopic (exact) mass is 349 g/mol. The molecule has 0 aromatic carbocycles. The lowest BCUT2D eigenvalue weighted by molar-refractivity contribution is -0.131. The summed E-state index contributed by atoms with van der Waals surface area (Å²) in [6, 6.07) is -0.480. The maximum absolute atomic E-state index is 12.0. The largest absolute Gasteiger partial charge is 0.352 e. The van der Waals surface area contributed by atoms with Crippen molar-refractivity contribution in [2.75, 3.05) is 27.2 Å². The number of nitrogens with one attached hydrogen (secondary N) is 2. The number of rotatable bonds is 6. The van der Waals surface area contributed by atoms with Gasteiger partial charge in [-0.25, -0.2) is 4.79 Å². The van der Waals surface area contributed by atoms with Crippen LogP contribution in [0, 0.1) is 0 Å². The Labute approximate surface area is 145 Å². The van der Waals surface area contributed by atoms with Gasteiger partial charge in [0.1, 0.15) is 18.2 Å². The van der Waals surface area contributed by atoms with Gasteiger partial charge in [-0.05, 0) is 26.9 Å². The first-order chi connectivity index (χ1) is 11.8. The maximum atomic E-state index is 12.0. The van der Waals surface area contributed by atoms with Gasteiger partial charge in [-0.15, -0.1) is 10.2 Å². The molecule has 0 spiro atoms. The average molecular weight is 349 g/mol. The van der Waals surface area contributed by atoms with Crippen LogP contribution in [0.3, 0.4) is 0 Å². The summed E-state index contributed by atoms with van der Waals surface area (Å²) in [5, 5.41) is 13.8. The van der Waals surface area contributed by atoms with Crippen LogP contribution < -0.4 is 10.6 Å². The van der Waals surface area contributed by atoms with E-state index in [0.29, 0.717) is 0 Å². The van der Waals surface area contributed by atoms with Crippen LogP contribution in [0.25, 0.3) is 0 Å². The third kappa shape index (κ3) is 3.63. The van der Waals surface area contributed by atoms with Gasteiger partial charge in [-0.3, -0.25) is 14.5 Å². The minimum Gasteiger partial charge on any atom is -0.352 e. The van der Waals surface area contributed by atoms with Gasteiger partial charge in [0.05, 0.1) is 13.1 Å². The Morgan fingerprint density at radius 2 is 2.04 bits per heavy atom. The summed E-state index contributed by atoms with van der Waals surface area (Å²) in [4.78, 5) is 37.9. The zero-order valence-electron chi connectivity index (χ0n) is 14.7. The molecule has 25 heavy (non-hydrogen) atoms. The Hall–Kier alpha value is -2.49. The zero-order chi connectivity index (χ0) is 18.1. The van der Waals surface area contributed by atoms with E-state index < -0.39 is 6.03 Å². The van der Waals surface area contributed by atoms with Crippen LogP contribution in [-0.2, 0) is 23.2 Å². The second kappa shape index (κ2) is 6.79. The Balaban J connectivity index is 1.48. The molecule has 4 amide bonds. The van der Waals surface area contributed by atoms with Gasteiger partial charge in [-0.2, -0.15) is 0 Å². The van der Waals surface area contributed by atoms with E-state index in [4.69, 9.17) is 0 Å². The van der Waals surface area contributed by atoms with Crippen molar-refractivity contribution in [3.8, 4) is 0 Å². The van der Waals surface area contributed by atoms with Crippen LogP contribution in [-0.4, -0.2) is 75.6 Å². The van der Waals surface area contributed by atoms with E-state index in [1.54, 1.807) is 0 Å². The fourth-order valence-corrected chi connectivity index (χ4v) is 3.13. The molecule has 2 fully saturated rings. The molecule has 136 valence electrons. The van der Waals surface area contributed by atoms with Gasteiger partial charge in [0, 0.05) is 19.0 Å². The number of amides is 4. The quantitative estimate of drug-likeness (QED) is 0.623. The Morgan fingerprint density at radius 3 is 2.64 bits per heavy atom. The smallest absolute Gasteiger partial charge is 0.325 e. The van der Waals surface area contributed by atoms with Crippen molar-refractivity contribution in [1.82, 2.24) is 35.2 Å². The van der Waals surface area contributed by atoms with Crippen molar-refractivity contribution < 1.29 is 14.4 Å². The first-order valence-corrected chi connectivity index (χ1v) is 8.25. The predicted molar refractivity (Wildman–Crippen MR) is 87.4 cm³/mol. The summed E-state index contributed by atoms with van der Waals surface area (Å²) in [5.41, 5.74) is 0. The number of hydrogen-bond acceptors (Lipinski definition) is 6. The molecule has 0 unspecified atom stereocenters. The van der Waals surface area contributed by atoms with E-state index >= 15 is 0 Å². The summed E-state index contributed by atoms with van der Waals surface area (Å²) in [5.74, 6) is 1.40. The SMILES string of the molecule is CN(C)Cc1nnc(C2CC(NC(=O)CN3C(=O)CNC3=O)C2)n1C. The van der Waals surface area contributed by atoms with Gasteiger partial charge >= 0.3 is 6.03 Å². The van der Waals surface area contributed by atoms with E-state index in [9.17, 15) is 14.4 Å². The maximum Gasteiger partial charge on any atom is 0.325 e. The van der Waals surface area contributed by atoms with Crippen molar-refractivity contribution in [1.29, 1.82) is 0 Å². The lowest BCUT2D eigenvalue weighted by atomic mass is 9.79. The standard InChI is InChI=1S/C15H23N7O3/c1-20(2)7-11-18-19-14(21(11)3)9-4-10(5-9)17-12(23)8-22-13(24)6-16-15(22)25/h9-10H,4-8H2,1-3H3,(H,16,25)(H,17,23). The highest BCUT2D eigenvalue weighted by Gasteiger charge is 2.36. The summed E-state index contributed by atoms with van der Waals surface area (Å²) in [6.07, 6.45) is 1.56. The third-order valence-electron chi connectivity index (χ3n) is 4.56. The number of nitrogens with zero attached hydrogens (tertiary/aromatic N) is 5. The average Bonchev–Trinajstić information content (AvgIpc) is 3.00. The Kier molecular flexibility index (Phi) is 4.71. The lowest BCUT2D eigenvalue weighted by Gasteiger charge is -2.35. The van der Waals surface area contributed by atoms with Crippen molar-refractivity contribution in [2.45, 2.75) is 31.3 Å². The second-order valence-electron chi connectivity index (χ2n) is 6.84. The summed E-state index contributed by atoms with van der Waals surface area (Å²) >= 11 is 0. The van der Waals surface area contributed by atoms with Crippen molar-refractivity contribution >= 4 is 17.8 Å². The molecule has 1 aromatic rings. The molecule has 1 aromatic heterocycles. The molecule has 2 aliphatic rings. The number of carbonyl (C=O) groups is 3. The molecular formula is C15H23N7O3. The Morgan fingerprint density at radius 1 is 1.32 bits per heavy atom. The van der Waals surface area contributed by atoms with Crippen molar-refractivity contribution in [3.63, 3.8) is 0 Å². The fourth-order valence-electron chi connectivity index (χ4n) is 3.13. The minimum atomic E-state index is -0.515. The first-order valence-electron chi connectivity index (χ1n) is 8.25. The number of imide groups is 1. The Bertz CT molecular complexity index is 677. The third-order valence-corrected chi connectivity index (χ3v) is 4.56. The first kappa shape index (κ1) is 17.3. The molecule has 3 rings (SSSR count). The zero-order valence-corrected chi connectivity index (χ0v) is 14.7. The molecule has 10 nitrogen and oxygen atoms in total. The molecular weight excluding hydrogens is 326 g/mol. The molecule has 1 aliphatic carbocycles.